The zero-order valence-corrected chi connectivity index (χ0v) is 16.2. The first-order chi connectivity index (χ1) is 13.7. The van der Waals surface area contributed by atoms with Crippen molar-refractivity contribution in [3.05, 3.63) is 39.1 Å². The molecule has 0 unspecified atom stereocenters. The molecule has 1 aliphatic heterocycles. The van der Waals surface area contributed by atoms with Gasteiger partial charge in [0.15, 0.2) is 0 Å². The zero-order chi connectivity index (χ0) is 20.9. The Kier molecular flexibility index (Phi) is 4.74. The summed E-state index contributed by atoms with van der Waals surface area (Å²) in [6, 6.07) is -0.524. The van der Waals surface area contributed by atoms with Crippen LogP contribution in [-0.4, -0.2) is 49.3 Å². The van der Waals surface area contributed by atoms with Crippen molar-refractivity contribution < 1.29 is 18.0 Å². The number of aromatic amines is 1. The molecule has 1 saturated heterocycles. The zero-order valence-electron chi connectivity index (χ0n) is 16.2. The van der Waals surface area contributed by atoms with Crippen molar-refractivity contribution in [1.29, 1.82) is 0 Å². The normalized spacial score (nSPS) is 22.0. The van der Waals surface area contributed by atoms with Gasteiger partial charge in [0.05, 0.1) is 29.1 Å². The third kappa shape index (κ3) is 3.44. The Balaban J connectivity index is 1.59. The van der Waals surface area contributed by atoms with Crippen LogP contribution < -0.4 is 5.56 Å². The van der Waals surface area contributed by atoms with Crippen LogP contribution in [0.5, 0.6) is 0 Å². The number of amides is 1. The number of carbonyl (C=O) groups is 1. The SMILES string of the molecule is Cc1c(C(=O)N2CC[C@@H](C(F)(F)F)C[C@H]2C)cnn1-c1nc2c(c(=O)[nH]1)CCC2. The molecule has 0 saturated carbocycles. The van der Waals surface area contributed by atoms with Gasteiger partial charge in [-0.05, 0) is 46.0 Å². The van der Waals surface area contributed by atoms with E-state index in [4.69, 9.17) is 0 Å². The molecule has 1 amide bonds. The molecule has 156 valence electrons. The van der Waals surface area contributed by atoms with Crippen molar-refractivity contribution in [3.8, 4) is 5.95 Å². The van der Waals surface area contributed by atoms with E-state index in [1.165, 1.54) is 15.8 Å². The summed E-state index contributed by atoms with van der Waals surface area (Å²) in [7, 11) is 0. The first kappa shape index (κ1) is 19.7. The van der Waals surface area contributed by atoms with Crippen LogP contribution in [0.15, 0.2) is 11.0 Å². The molecule has 1 N–H and O–H groups in total. The predicted octanol–water partition coefficient (Wildman–Crippen LogP) is 2.56. The highest BCUT2D eigenvalue weighted by Gasteiger charge is 2.44. The molecular formula is C19H22F3N5O2. The predicted molar refractivity (Wildman–Crippen MR) is 98.0 cm³/mol. The Bertz CT molecular complexity index is 1010. The van der Waals surface area contributed by atoms with Crippen LogP contribution in [0.1, 0.15) is 53.5 Å². The first-order valence-corrected chi connectivity index (χ1v) is 9.71. The van der Waals surface area contributed by atoms with Gasteiger partial charge >= 0.3 is 6.18 Å². The Morgan fingerprint density at radius 2 is 2.07 bits per heavy atom. The van der Waals surface area contributed by atoms with Gasteiger partial charge in [-0.2, -0.15) is 18.3 Å². The van der Waals surface area contributed by atoms with Gasteiger partial charge in [0.1, 0.15) is 0 Å². The number of piperidine rings is 1. The topological polar surface area (TPSA) is 83.9 Å². The average molecular weight is 409 g/mol. The quantitative estimate of drug-likeness (QED) is 0.826. The van der Waals surface area contributed by atoms with Crippen molar-refractivity contribution in [2.24, 2.45) is 5.92 Å². The lowest BCUT2D eigenvalue weighted by atomic mass is 9.90. The van der Waals surface area contributed by atoms with Crippen LogP contribution in [0.25, 0.3) is 5.95 Å². The molecule has 2 aromatic heterocycles. The van der Waals surface area contributed by atoms with E-state index in [-0.39, 0.29) is 36.8 Å². The van der Waals surface area contributed by atoms with Crippen molar-refractivity contribution >= 4 is 5.91 Å². The fourth-order valence-electron chi connectivity index (χ4n) is 4.29. The summed E-state index contributed by atoms with van der Waals surface area (Å²) in [5.74, 6) is -1.49. The van der Waals surface area contributed by atoms with Gasteiger partial charge in [0.2, 0.25) is 5.95 Å². The molecule has 1 aliphatic carbocycles. The summed E-state index contributed by atoms with van der Waals surface area (Å²) in [5, 5.41) is 4.20. The minimum absolute atomic E-state index is 0.0444. The van der Waals surface area contributed by atoms with Crippen LogP contribution in [0.3, 0.4) is 0 Å². The molecule has 0 spiro atoms. The van der Waals surface area contributed by atoms with Crippen LogP contribution >= 0.6 is 0 Å². The number of aromatic nitrogens is 4. The lowest BCUT2D eigenvalue weighted by Gasteiger charge is -2.38. The van der Waals surface area contributed by atoms with Crippen LogP contribution in [-0.2, 0) is 12.8 Å². The summed E-state index contributed by atoms with van der Waals surface area (Å²) in [4.78, 5) is 33.9. The largest absolute Gasteiger partial charge is 0.391 e. The number of fused-ring (bicyclic) bond motifs is 1. The molecule has 0 radical (unpaired) electrons. The van der Waals surface area contributed by atoms with Gasteiger partial charge in [0, 0.05) is 18.2 Å². The average Bonchev–Trinajstić information content (AvgIpc) is 3.27. The van der Waals surface area contributed by atoms with Gasteiger partial charge in [-0.1, -0.05) is 0 Å². The van der Waals surface area contributed by atoms with Gasteiger partial charge in [-0.15, -0.1) is 0 Å². The van der Waals surface area contributed by atoms with Gasteiger partial charge in [0.25, 0.3) is 11.5 Å². The van der Waals surface area contributed by atoms with Crippen molar-refractivity contribution in [2.45, 2.75) is 58.2 Å². The molecule has 1 fully saturated rings. The number of rotatable bonds is 2. The summed E-state index contributed by atoms with van der Waals surface area (Å²) < 4.78 is 40.4. The van der Waals surface area contributed by atoms with Gasteiger partial charge in [-0.25, -0.2) is 9.67 Å². The summed E-state index contributed by atoms with van der Waals surface area (Å²) in [6.07, 6.45) is -0.768. The smallest absolute Gasteiger partial charge is 0.336 e. The maximum atomic E-state index is 13.0. The fourth-order valence-corrected chi connectivity index (χ4v) is 4.29. The maximum Gasteiger partial charge on any atom is 0.391 e. The number of H-pyrrole nitrogens is 1. The second-order valence-corrected chi connectivity index (χ2v) is 7.83. The van der Waals surface area contributed by atoms with E-state index >= 15 is 0 Å². The lowest BCUT2D eigenvalue weighted by Crippen LogP contribution is -2.47. The van der Waals surface area contributed by atoms with E-state index in [9.17, 15) is 22.8 Å². The molecular weight excluding hydrogens is 387 g/mol. The molecule has 4 rings (SSSR count). The minimum atomic E-state index is -4.24. The van der Waals surface area contributed by atoms with Crippen LogP contribution in [0, 0.1) is 12.8 Å². The van der Waals surface area contributed by atoms with E-state index in [2.05, 4.69) is 15.1 Å². The van der Waals surface area contributed by atoms with Crippen molar-refractivity contribution in [2.75, 3.05) is 6.54 Å². The Hall–Kier alpha value is -2.65. The number of alkyl halides is 3. The highest BCUT2D eigenvalue weighted by atomic mass is 19.4. The lowest BCUT2D eigenvalue weighted by molar-refractivity contribution is -0.187. The minimum Gasteiger partial charge on any atom is -0.336 e. The molecule has 10 heteroatoms. The monoisotopic (exact) mass is 409 g/mol. The molecule has 2 aromatic rings. The van der Waals surface area contributed by atoms with Crippen molar-refractivity contribution in [1.82, 2.24) is 24.6 Å². The summed E-state index contributed by atoms with van der Waals surface area (Å²) in [5.41, 5.74) is 2.02. The standard InChI is InChI=1S/C19H22F3N5O2/c1-10-8-12(19(20,21)22)6-7-26(10)17(29)14-9-23-27(11(14)2)18-24-15-5-3-4-13(15)16(28)25-18/h9-10,12H,3-8H2,1-2H3,(H,24,25,28)/t10-,12-/m1/s1. The highest BCUT2D eigenvalue weighted by Crippen LogP contribution is 2.37. The van der Waals surface area contributed by atoms with E-state index in [1.54, 1.807) is 13.8 Å². The van der Waals surface area contributed by atoms with Crippen molar-refractivity contribution in [3.63, 3.8) is 0 Å². The van der Waals surface area contributed by atoms with E-state index in [0.29, 0.717) is 23.2 Å². The van der Waals surface area contributed by atoms with Crippen LogP contribution in [0.2, 0.25) is 0 Å². The Morgan fingerprint density at radius 3 is 2.76 bits per heavy atom. The third-order valence-corrected chi connectivity index (χ3v) is 5.97. The molecule has 0 bridgehead atoms. The second-order valence-electron chi connectivity index (χ2n) is 7.83. The van der Waals surface area contributed by atoms with E-state index < -0.39 is 18.1 Å². The number of likely N-dealkylation sites (tertiary alicyclic amines) is 1. The number of nitrogens with one attached hydrogen (secondary N) is 1. The number of halogens is 3. The number of hydrogen-bond donors (Lipinski definition) is 1. The number of aryl methyl sites for hydroxylation is 1. The highest BCUT2D eigenvalue weighted by molar-refractivity contribution is 5.95. The first-order valence-electron chi connectivity index (χ1n) is 9.71. The molecule has 3 heterocycles. The second kappa shape index (κ2) is 7.00. The summed E-state index contributed by atoms with van der Waals surface area (Å²) in [6.45, 7) is 3.36. The fraction of sp³-hybridized carbons (Fsp3) is 0.579. The van der Waals surface area contributed by atoms with Gasteiger partial charge in [-0.3, -0.25) is 14.6 Å². The molecule has 2 atom stereocenters. The van der Waals surface area contributed by atoms with Crippen LogP contribution in [0.4, 0.5) is 13.2 Å². The van der Waals surface area contributed by atoms with E-state index in [1.807, 2.05) is 0 Å². The number of carbonyl (C=O) groups excluding carboxylic acids is 1. The number of nitrogens with zero attached hydrogens (tertiary/aromatic N) is 4. The molecule has 0 aromatic carbocycles. The molecule has 7 nitrogen and oxygen atoms in total. The maximum absolute atomic E-state index is 13.0. The molecule has 29 heavy (non-hydrogen) atoms. The Morgan fingerprint density at radius 1 is 1.31 bits per heavy atom. The molecule has 2 aliphatic rings. The van der Waals surface area contributed by atoms with Gasteiger partial charge < -0.3 is 4.90 Å². The number of hydrogen-bond acceptors (Lipinski definition) is 4. The summed E-state index contributed by atoms with van der Waals surface area (Å²) >= 11 is 0. The third-order valence-electron chi connectivity index (χ3n) is 5.97. The Labute approximate surface area is 164 Å². The van der Waals surface area contributed by atoms with E-state index in [0.717, 1.165) is 18.5 Å².